The maximum Gasteiger partial charge on any atom is 0.213 e. The molecule has 4 rings (SSSR count). The lowest BCUT2D eigenvalue weighted by molar-refractivity contribution is 0.216. The number of pyridine rings is 1. The second-order valence-corrected chi connectivity index (χ2v) is 14.2. The number of rotatable bonds is 13. The van der Waals surface area contributed by atoms with E-state index in [-0.39, 0.29) is 8.15 Å². The van der Waals surface area contributed by atoms with Crippen LogP contribution in [-0.4, -0.2) is 51.2 Å². The molecule has 0 spiro atoms. The summed E-state index contributed by atoms with van der Waals surface area (Å²) in [4.78, 5) is 7.00. The van der Waals surface area contributed by atoms with Gasteiger partial charge in [0.2, 0.25) is 5.88 Å². The van der Waals surface area contributed by atoms with E-state index in [0.29, 0.717) is 11.3 Å². The van der Waals surface area contributed by atoms with Crippen molar-refractivity contribution in [2.75, 3.05) is 51.1 Å². The van der Waals surface area contributed by atoms with E-state index in [1.54, 1.807) is 7.11 Å². The molecule has 1 aromatic heterocycles. The first kappa shape index (κ1) is 31.7. The zero-order valence-corrected chi connectivity index (χ0v) is 26.4. The fourth-order valence-electron chi connectivity index (χ4n) is 4.79. The number of hydrogen-bond donors (Lipinski definition) is 0. The molecule has 0 amide bonds. The summed E-state index contributed by atoms with van der Waals surface area (Å²) in [5.41, 5.74) is 4.44. The second-order valence-electron chi connectivity index (χ2n) is 12.2. The van der Waals surface area contributed by atoms with Gasteiger partial charge in [-0.05, 0) is 92.9 Å². The second kappa shape index (κ2) is 16.4. The van der Waals surface area contributed by atoms with Crippen LogP contribution in [0.3, 0.4) is 0 Å². The molecule has 5 nitrogen and oxygen atoms in total. The zero-order valence-electron chi connectivity index (χ0n) is 25.5. The number of methoxy groups -OCH3 is 1. The minimum Gasteiger partial charge on any atom is -0.497 e. The highest BCUT2D eigenvalue weighted by molar-refractivity contribution is 7.51. The largest absolute Gasteiger partial charge is 0.497 e. The predicted octanol–water partition coefficient (Wildman–Crippen LogP) is 8.53. The molecule has 39 heavy (non-hydrogen) atoms. The van der Waals surface area contributed by atoms with Crippen molar-refractivity contribution in [3.8, 4) is 11.6 Å². The van der Waals surface area contributed by atoms with E-state index >= 15 is 0 Å². The lowest BCUT2D eigenvalue weighted by atomic mass is 9.88. The Balaban J connectivity index is 0.00000131. The van der Waals surface area contributed by atoms with Gasteiger partial charge in [0.05, 0.1) is 13.7 Å². The highest BCUT2D eigenvalue weighted by Gasteiger charge is 2.22. The van der Waals surface area contributed by atoms with Crippen molar-refractivity contribution in [1.29, 1.82) is 0 Å². The summed E-state index contributed by atoms with van der Waals surface area (Å²) >= 11 is 0. The van der Waals surface area contributed by atoms with Crippen LogP contribution >= 0.6 is 8.15 Å². The Kier molecular flexibility index (Phi) is 13.3. The minimum atomic E-state index is -0.344. The number of ether oxygens (including phenoxy) is 2. The summed E-state index contributed by atoms with van der Waals surface area (Å²) < 4.78 is 17.4. The molecule has 2 fully saturated rings. The van der Waals surface area contributed by atoms with E-state index in [1.165, 1.54) is 48.9 Å². The van der Waals surface area contributed by atoms with Gasteiger partial charge in [0.25, 0.3) is 0 Å². The molecule has 1 aromatic carbocycles. The van der Waals surface area contributed by atoms with Gasteiger partial charge in [-0.2, -0.15) is 0 Å². The number of aromatic nitrogens is 1. The smallest absolute Gasteiger partial charge is 0.213 e. The van der Waals surface area contributed by atoms with Gasteiger partial charge in [-0.25, -0.2) is 4.98 Å². The van der Waals surface area contributed by atoms with Crippen LogP contribution in [0.15, 0.2) is 36.5 Å². The number of aryl methyl sites for hydroxylation is 2. The fourth-order valence-corrected chi connectivity index (χ4v) is 5.93. The summed E-state index contributed by atoms with van der Waals surface area (Å²) in [6.07, 6.45) is 14.3. The molecule has 6 heteroatoms. The van der Waals surface area contributed by atoms with Crippen LogP contribution in [0.1, 0.15) is 83.8 Å². The highest BCUT2D eigenvalue weighted by atomic mass is 31.1. The van der Waals surface area contributed by atoms with Crippen molar-refractivity contribution in [1.82, 2.24) is 4.98 Å². The minimum absolute atomic E-state index is 0.344. The van der Waals surface area contributed by atoms with Crippen LogP contribution in [0.2, 0.25) is 0 Å². The zero-order chi connectivity index (χ0) is 28.1. The van der Waals surface area contributed by atoms with Crippen molar-refractivity contribution in [3.05, 3.63) is 47.7 Å². The van der Waals surface area contributed by atoms with Gasteiger partial charge in [0.1, 0.15) is 5.75 Å². The number of anilines is 1. The molecule has 1 atom stereocenters. The number of hydrogen-bond acceptors (Lipinski definition) is 5. The van der Waals surface area contributed by atoms with Gasteiger partial charge in [0, 0.05) is 51.9 Å². The quantitative estimate of drug-likeness (QED) is 0.231. The van der Waals surface area contributed by atoms with E-state index < -0.39 is 0 Å². The summed E-state index contributed by atoms with van der Waals surface area (Å²) in [6.45, 7) is 14.9. The fraction of sp³-hybridized carbons (Fsp3) is 0.667. The Morgan fingerprint density at radius 3 is 2.41 bits per heavy atom. The van der Waals surface area contributed by atoms with Gasteiger partial charge in [-0.3, -0.25) is 0 Å². The highest BCUT2D eigenvalue weighted by Crippen LogP contribution is 2.34. The lowest BCUT2D eigenvalue weighted by Crippen LogP contribution is -2.36. The van der Waals surface area contributed by atoms with E-state index in [0.717, 1.165) is 69.8 Å². The SMILES string of the molecule is C1CC1.CCOP(C)CCc1ccnc(OCC2CCN(c3cc(OC)ccc3CCCC(C)(C)C)CC2)c1. The van der Waals surface area contributed by atoms with E-state index in [2.05, 4.69) is 74.6 Å². The van der Waals surface area contributed by atoms with Crippen LogP contribution in [0.25, 0.3) is 0 Å². The van der Waals surface area contributed by atoms with Crippen LogP contribution in [-0.2, 0) is 17.4 Å². The molecule has 2 aliphatic rings. The molecule has 2 heterocycles. The van der Waals surface area contributed by atoms with Crippen molar-refractivity contribution in [2.24, 2.45) is 11.3 Å². The topological polar surface area (TPSA) is 43.8 Å². The van der Waals surface area contributed by atoms with Crippen LogP contribution in [0.5, 0.6) is 11.6 Å². The Labute approximate surface area is 239 Å². The van der Waals surface area contributed by atoms with Crippen molar-refractivity contribution in [3.63, 3.8) is 0 Å². The van der Waals surface area contributed by atoms with Crippen molar-refractivity contribution < 1.29 is 14.0 Å². The first-order valence-electron chi connectivity index (χ1n) is 15.1. The Bertz CT molecular complexity index is 965. The Hall–Kier alpha value is -1.84. The number of nitrogens with zero attached hydrogens (tertiary/aromatic N) is 2. The normalized spacial score (nSPS) is 16.3. The third-order valence-electron chi connectivity index (χ3n) is 7.31. The van der Waals surface area contributed by atoms with Gasteiger partial charge in [-0.15, -0.1) is 0 Å². The van der Waals surface area contributed by atoms with E-state index in [9.17, 15) is 0 Å². The monoisotopic (exact) mass is 556 g/mol. The van der Waals surface area contributed by atoms with Crippen LogP contribution < -0.4 is 14.4 Å². The molecule has 0 radical (unpaired) electrons. The lowest BCUT2D eigenvalue weighted by Gasteiger charge is -2.35. The van der Waals surface area contributed by atoms with E-state index in [1.807, 2.05) is 6.20 Å². The third kappa shape index (κ3) is 12.5. The van der Waals surface area contributed by atoms with Gasteiger partial charge < -0.3 is 18.9 Å². The average Bonchev–Trinajstić information content (AvgIpc) is 3.81. The molecule has 0 N–H and O–H groups in total. The maximum absolute atomic E-state index is 6.15. The van der Waals surface area contributed by atoms with Gasteiger partial charge in [-0.1, -0.05) is 46.1 Å². The maximum atomic E-state index is 6.15. The Morgan fingerprint density at radius 1 is 1.03 bits per heavy atom. The molecule has 1 aliphatic heterocycles. The van der Waals surface area contributed by atoms with Crippen molar-refractivity contribution in [2.45, 2.75) is 85.5 Å². The predicted molar refractivity (Wildman–Crippen MR) is 167 cm³/mol. The summed E-state index contributed by atoms with van der Waals surface area (Å²) in [5, 5.41) is 0. The van der Waals surface area contributed by atoms with Crippen LogP contribution in [0.4, 0.5) is 5.69 Å². The molecule has 1 saturated carbocycles. The number of benzene rings is 1. The van der Waals surface area contributed by atoms with E-state index in [4.69, 9.17) is 14.0 Å². The van der Waals surface area contributed by atoms with Crippen molar-refractivity contribution >= 4 is 13.8 Å². The standard InChI is InChI=1S/C30H47N2O3P.C3H6/c1-7-35-36(6)20-15-24-12-17-31-29(21-24)34-23-25-13-18-32(19-14-25)28-22-27(33-5)11-10-26(28)9-8-16-30(2,3)4;1-2-3-1/h10-12,17,21-22,25H,7-9,13-16,18-20,23H2,1-6H3;1-3H2. The van der Waals surface area contributed by atoms with Gasteiger partial charge >= 0.3 is 0 Å². The molecular weight excluding hydrogens is 503 g/mol. The first-order valence-corrected chi connectivity index (χ1v) is 17.0. The van der Waals surface area contributed by atoms with Gasteiger partial charge in [0.15, 0.2) is 0 Å². The summed E-state index contributed by atoms with van der Waals surface area (Å²) in [5.74, 6) is 2.25. The number of piperidine rings is 1. The Morgan fingerprint density at radius 2 is 1.77 bits per heavy atom. The third-order valence-corrected chi connectivity index (χ3v) is 8.86. The molecule has 1 unspecified atom stereocenters. The molecular formula is C33H53N2O3P. The first-order chi connectivity index (χ1) is 18.8. The van der Waals surface area contributed by atoms with Crippen LogP contribution in [0, 0.1) is 11.3 Å². The average molecular weight is 557 g/mol. The molecule has 218 valence electrons. The molecule has 0 bridgehead atoms. The molecule has 1 saturated heterocycles. The summed E-state index contributed by atoms with van der Waals surface area (Å²) in [7, 11) is 1.41. The summed E-state index contributed by atoms with van der Waals surface area (Å²) in [6, 6.07) is 10.8. The molecule has 1 aliphatic carbocycles. The molecule has 2 aromatic rings.